The molecule has 4 heterocycles. The molecule has 4 aromatic rings. The van der Waals surface area contributed by atoms with Gasteiger partial charge >= 0.3 is 0 Å². The monoisotopic (exact) mass is 308 g/mol. The van der Waals surface area contributed by atoms with Gasteiger partial charge in [0, 0.05) is 6.07 Å². The average molecular weight is 308 g/mol. The van der Waals surface area contributed by atoms with Gasteiger partial charge in [-0.25, -0.2) is 9.50 Å². The van der Waals surface area contributed by atoms with Crippen molar-refractivity contribution in [3.05, 3.63) is 54.6 Å². The predicted octanol–water partition coefficient (Wildman–Crippen LogP) is 1.79. The molecule has 0 saturated carbocycles. The lowest BCUT2D eigenvalue weighted by Gasteiger charge is -2.04. The molecule has 4 rings (SSSR count). The molecule has 0 radical (unpaired) electrons. The molecule has 0 aliphatic heterocycles. The van der Waals surface area contributed by atoms with Crippen molar-refractivity contribution in [2.24, 2.45) is 0 Å². The lowest BCUT2D eigenvalue weighted by molar-refractivity contribution is -0.763. The van der Waals surface area contributed by atoms with Gasteiger partial charge in [-0.1, -0.05) is 13.8 Å². The second-order valence-electron chi connectivity index (χ2n) is 6.03. The lowest BCUT2D eigenvalue weighted by Crippen LogP contribution is -2.40. The number of fused-ring (bicyclic) bond motifs is 2. The lowest BCUT2D eigenvalue weighted by atomic mass is 10.1. The molecule has 0 aliphatic carbocycles. The Morgan fingerprint density at radius 1 is 1.04 bits per heavy atom. The molecule has 1 atom stereocenters. The summed E-state index contributed by atoms with van der Waals surface area (Å²) in [7, 11) is 0. The summed E-state index contributed by atoms with van der Waals surface area (Å²) in [5.41, 5.74) is 3.84. The van der Waals surface area contributed by atoms with Crippen LogP contribution >= 0.6 is 0 Å². The summed E-state index contributed by atoms with van der Waals surface area (Å²) < 4.78 is 5.70. The van der Waals surface area contributed by atoms with Crippen molar-refractivity contribution in [3.8, 4) is 0 Å². The standard InChI is InChI=1S/C16H18N7/c1-11(2)13-4-5-15-20-23(10-21(15)7-13)12(3)14-8-22-16(6-17-14)18-9-19-22/h4-12H,1-3H3/q+1. The molecule has 0 fully saturated rings. The molecule has 0 amide bonds. The smallest absolute Gasteiger partial charge is 0.251 e. The first-order valence-electron chi connectivity index (χ1n) is 7.67. The van der Waals surface area contributed by atoms with Gasteiger partial charge in [0.1, 0.15) is 18.2 Å². The largest absolute Gasteiger partial charge is 0.271 e. The number of nitrogens with zero attached hydrogens (tertiary/aromatic N) is 7. The third kappa shape index (κ3) is 2.34. The van der Waals surface area contributed by atoms with Crippen LogP contribution in [0.4, 0.5) is 0 Å². The van der Waals surface area contributed by atoms with Crippen molar-refractivity contribution in [1.29, 1.82) is 0 Å². The Labute approximate surface area is 133 Å². The van der Waals surface area contributed by atoms with E-state index in [1.807, 2.05) is 23.3 Å². The normalized spacial score (nSPS) is 13.2. The van der Waals surface area contributed by atoms with Crippen molar-refractivity contribution in [1.82, 2.24) is 29.1 Å². The fraction of sp³-hybridized carbons (Fsp3) is 0.312. The van der Waals surface area contributed by atoms with E-state index in [2.05, 4.69) is 57.6 Å². The third-order valence-corrected chi connectivity index (χ3v) is 4.11. The van der Waals surface area contributed by atoms with Crippen LogP contribution in [0.3, 0.4) is 0 Å². The molecule has 0 bridgehead atoms. The molecule has 116 valence electrons. The van der Waals surface area contributed by atoms with Gasteiger partial charge in [0.05, 0.1) is 12.4 Å². The number of aromatic nitrogens is 7. The zero-order valence-corrected chi connectivity index (χ0v) is 13.3. The van der Waals surface area contributed by atoms with E-state index in [0.717, 1.165) is 17.0 Å². The molecule has 0 aliphatic rings. The van der Waals surface area contributed by atoms with Gasteiger partial charge in [-0.2, -0.15) is 9.50 Å². The first-order valence-corrected chi connectivity index (χ1v) is 7.67. The minimum absolute atomic E-state index is 0.00556. The van der Waals surface area contributed by atoms with Gasteiger partial charge in [-0.05, 0) is 29.6 Å². The van der Waals surface area contributed by atoms with Crippen LogP contribution in [0.15, 0.2) is 43.4 Å². The Bertz CT molecular complexity index is 982. The Balaban J connectivity index is 1.74. The first-order chi connectivity index (χ1) is 11.1. The number of rotatable bonds is 3. The molecule has 1 unspecified atom stereocenters. The molecule has 0 aromatic carbocycles. The summed E-state index contributed by atoms with van der Waals surface area (Å²) >= 11 is 0. The van der Waals surface area contributed by atoms with Gasteiger partial charge in [0.2, 0.25) is 0 Å². The van der Waals surface area contributed by atoms with E-state index in [1.165, 1.54) is 11.9 Å². The van der Waals surface area contributed by atoms with Crippen molar-refractivity contribution < 1.29 is 4.68 Å². The SMILES string of the molecule is CC(C)c1ccc2n[n+](C(C)c3cn4ncnc4cn3)cn2c1. The van der Waals surface area contributed by atoms with Crippen LogP contribution in [-0.2, 0) is 0 Å². The molecule has 23 heavy (non-hydrogen) atoms. The Morgan fingerprint density at radius 3 is 2.74 bits per heavy atom. The van der Waals surface area contributed by atoms with Gasteiger partial charge in [0.25, 0.3) is 12.0 Å². The van der Waals surface area contributed by atoms with Crippen molar-refractivity contribution in [3.63, 3.8) is 0 Å². The van der Waals surface area contributed by atoms with E-state index in [4.69, 9.17) is 0 Å². The third-order valence-electron chi connectivity index (χ3n) is 4.11. The van der Waals surface area contributed by atoms with Crippen LogP contribution in [0.2, 0.25) is 0 Å². The molecule has 0 saturated heterocycles. The molecular formula is C16H18N7+. The second-order valence-corrected chi connectivity index (χ2v) is 6.03. The highest BCUT2D eigenvalue weighted by atomic mass is 15.4. The maximum atomic E-state index is 4.65. The summed E-state index contributed by atoms with van der Waals surface area (Å²) in [4.78, 5) is 8.59. The van der Waals surface area contributed by atoms with Crippen LogP contribution in [0.5, 0.6) is 0 Å². The van der Waals surface area contributed by atoms with Crippen molar-refractivity contribution >= 4 is 11.3 Å². The maximum absolute atomic E-state index is 4.65. The molecule has 0 N–H and O–H groups in total. The number of pyridine rings is 1. The fourth-order valence-corrected chi connectivity index (χ4v) is 2.60. The van der Waals surface area contributed by atoms with Crippen LogP contribution in [0.1, 0.15) is 44.0 Å². The van der Waals surface area contributed by atoms with Crippen LogP contribution in [0.25, 0.3) is 11.3 Å². The van der Waals surface area contributed by atoms with E-state index >= 15 is 0 Å². The second kappa shape index (κ2) is 5.12. The van der Waals surface area contributed by atoms with Gasteiger partial charge < -0.3 is 0 Å². The van der Waals surface area contributed by atoms with E-state index in [1.54, 1.807) is 10.7 Å². The number of hydrogen-bond acceptors (Lipinski definition) is 4. The minimum Gasteiger partial charge on any atom is -0.251 e. The topological polar surface area (TPSA) is 64.3 Å². The summed E-state index contributed by atoms with van der Waals surface area (Å²) in [5, 5.41) is 8.81. The molecule has 7 nitrogen and oxygen atoms in total. The van der Waals surface area contributed by atoms with Crippen LogP contribution < -0.4 is 4.68 Å². The molecular weight excluding hydrogens is 290 g/mol. The molecule has 0 spiro atoms. The van der Waals surface area contributed by atoms with Crippen LogP contribution in [-0.4, -0.2) is 29.1 Å². The highest BCUT2D eigenvalue weighted by molar-refractivity contribution is 5.37. The summed E-state index contributed by atoms with van der Waals surface area (Å²) in [6, 6.07) is 4.18. The van der Waals surface area contributed by atoms with Gasteiger partial charge in [-0.15, -0.1) is 4.68 Å². The maximum Gasteiger partial charge on any atom is 0.271 e. The van der Waals surface area contributed by atoms with Crippen molar-refractivity contribution in [2.45, 2.75) is 32.7 Å². The zero-order valence-electron chi connectivity index (χ0n) is 13.3. The first kappa shape index (κ1) is 13.8. The van der Waals surface area contributed by atoms with E-state index < -0.39 is 0 Å². The summed E-state index contributed by atoms with van der Waals surface area (Å²) in [6.45, 7) is 6.44. The minimum atomic E-state index is 0.00556. The predicted molar refractivity (Wildman–Crippen MR) is 84.1 cm³/mol. The summed E-state index contributed by atoms with van der Waals surface area (Å²) in [6.07, 6.45) is 9.27. The van der Waals surface area contributed by atoms with E-state index in [-0.39, 0.29) is 6.04 Å². The molecule has 7 heteroatoms. The average Bonchev–Trinajstić information content (AvgIpc) is 3.18. The van der Waals surface area contributed by atoms with Crippen LogP contribution in [0, 0.1) is 0 Å². The Hall–Kier alpha value is -2.83. The summed E-state index contributed by atoms with van der Waals surface area (Å²) in [5.74, 6) is 0.490. The van der Waals surface area contributed by atoms with Gasteiger partial charge in [0.15, 0.2) is 11.7 Å². The fourth-order valence-electron chi connectivity index (χ4n) is 2.60. The van der Waals surface area contributed by atoms with Gasteiger partial charge in [-0.3, -0.25) is 4.98 Å². The quantitative estimate of drug-likeness (QED) is 0.541. The molecule has 4 aromatic heterocycles. The van der Waals surface area contributed by atoms with E-state index in [0.29, 0.717) is 5.92 Å². The van der Waals surface area contributed by atoms with E-state index in [9.17, 15) is 0 Å². The van der Waals surface area contributed by atoms with Crippen molar-refractivity contribution in [2.75, 3.05) is 0 Å². The highest BCUT2D eigenvalue weighted by Gasteiger charge is 2.19. The highest BCUT2D eigenvalue weighted by Crippen LogP contribution is 2.15. The zero-order chi connectivity index (χ0) is 16.0. The Kier molecular flexibility index (Phi) is 3.07. The number of hydrogen-bond donors (Lipinski definition) is 0. The Morgan fingerprint density at radius 2 is 1.91 bits per heavy atom.